The zero-order valence-corrected chi connectivity index (χ0v) is 12.4. The Morgan fingerprint density at radius 1 is 1.19 bits per heavy atom. The van der Waals surface area contributed by atoms with E-state index in [1.54, 1.807) is 0 Å². The molecule has 3 unspecified atom stereocenters. The first-order chi connectivity index (χ1) is 7.75. The van der Waals surface area contributed by atoms with Crippen molar-refractivity contribution in [2.45, 2.75) is 70.1 Å². The van der Waals surface area contributed by atoms with Crippen molar-refractivity contribution in [2.24, 2.45) is 5.92 Å². The van der Waals surface area contributed by atoms with Crippen molar-refractivity contribution in [1.82, 2.24) is 0 Å². The molecule has 0 bridgehead atoms. The fourth-order valence-corrected chi connectivity index (χ4v) is 5.04. The molecule has 3 atom stereocenters. The summed E-state index contributed by atoms with van der Waals surface area (Å²) in [6.07, 6.45) is 7.85. The van der Waals surface area contributed by atoms with Gasteiger partial charge in [-0.25, -0.2) is 0 Å². The molecule has 0 amide bonds. The quantitative estimate of drug-likeness (QED) is 0.527. The molecule has 2 fully saturated rings. The van der Waals surface area contributed by atoms with Gasteiger partial charge in [0.2, 0.25) is 0 Å². The lowest BCUT2D eigenvalue weighted by Gasteiger charge is -2.40. The average Bonchev–Trinajstić information content (AvgIpc) is 3.09. The van der Waals surface area contributed by atoms with Gasteiger partial charge in [0.1, 0.15) is 0 Å². The number of hydrogen-bond donors (Lipinski definition) is 0. The van der Waals surface area contributed by atoms with Crippen molar-refractivity contribution < 1.29 is 9.16 Å². The van der Waals surface area contributed by atoms with E-state index in [4.69, 9.17) is 9.16 Å². The summed E-state index contributed by atoms with van der Waals surface area (Å²) in [6.45, 7) is 7.75. The second kappa shape index (κ2) is 5.19. The fraction of sp³-hybridized carbons (Fsp3) is 1.00. The van der Waals surface area contributed by atoms with Crippen molar-refractivity contribution in [1.29, 1.82) is 0 Å². The van der Waals surface area contributed by atoms with Crippen molar-refractivity contribution in [3.63, 3.8) is 0 Å². The Balaban J connectivity index is 1.98. The van der Waals surface area contributed by atoms with Crippen LogP contribution in [0.4, 0.5) is 0 Å². The lowest BCUT2D eigenvalue weighted by Crippen LogP contribution is -2.33. The molecule has 2 rings (SSSR count). The predicted molar refractivity (Wildman–Crippen MR) is 69.4 cm³/mol. The van der Waals surface area contributed by atoms with Crippen LogP contribution in [0.1, 0.15) is 52.9 Å². The highest BCUT2D eigenvalue weighted by molar-refractivity contribution is 6.32. The van der Waals surface area contributed by atoms with E-state index < -0.39 is 0 Å². The number of fused-ring (bicyclic) bond motifs is 1. The summed E-state index contributed by atoms with van der Waals surface area (Å²) in [5, 5.41) is 0.549. The first-order valence-corrected chi connectivity index (χ1v) is 8.27. The maximum Gasteiger partial charge on any atom is 0.167 e. The molecule has 94 valence electrons. The molecular formula is C13H26O2Si. The lowest BCUT2D eigenvalue weighted by atomic mass is 9.76. The first-order valence-electron chi connectivity index (χ1n) is 6.99. The fourth-order valence-electron chi connectivity index (χ4n) is 3.41. The minimum Gasteiger partial charge on any atom is -0.424 e. The number of ether oxygens (including phenoxy) is 1. The minimum absolute atomic E-state index is 0.386. The van der Waals surface area contributed by atoms with Crippen LogP contribution in [0, 0.1) is 5.92 Å². The Bertz CT molecular complexity index is 228. The molecule has 1 saturated carbocycles. The summed E-state index contributed by atoms with van der Waals surface area (Å²) in [6, 6.07) is 0. The van der Waals surface area contributed by atoms with Gasteiger partial charge in [-0.3, -0.25) is 0 Å². The smallest absolute Gasteiger partial charge is 0.167 e. The van der Waals surface area contributed by atoms with Gasteiger partial charge in [0, 0.05) is 6.61 Å². The number of epoxide rings is 1. The van der Waals surface area contributed by atoms with Gasteiger partial charge in [-0.2, -0.15) is 0 Å². The first kappa shape index (κ1) is 12.6. The number of hydrogen-bond acceptors (Lipinski definition) is 2. The van der Waals surface area contributed by atoms with E-state index in [1.165, 1.54) is 32.1 Å². The van der Waals surface area contributed by atoms with Crippen LogP contribution in [-0.4, -0.2) is 28.6 Å². The molecule has 16 heavy (non-hydrogen) atoms. The van der Waals surface area contributed by atoms with E-state index in [0.717, 1.165) is 12.5 Å². The summed E-state index contributed by atoms with van der Waals surface area (Å²) in [5.41, 5.74) is 0. The normalized spacial score (nSPS) is 34.3. The van der Waals surface area contributed by atoms with Gasteiger partial charge in [0.15, 0.2) is 9.76 Å². The van der Waals surface area contributed by atoms with Crippen LogP contribution in [0.15, 0.2) is 0 Å². The molecule has 1 heterocycles. The number of rotatable bonds is 6. The minimum atomic E-state index is -0.386. The summed E-state index contributed by atoms with van der Waals surface area (Å²) in [7, 11) is -0.386. The summed E-state index contributed by atoms with van der Waals surface area (Å²) in [4.78, 5) is 0. The predicted octanol–water partition coefficient (Wildman–Crippen LogP) is 2.65. The van der Waals surface area contributed by atoms with Gasteiger partial charge in [-0.1, -0.05) is 26.7 Å². The highest BCUT2D eigenvalue weighted by Gasteiger charge is 2.49. The molecule has 1 saturated heterocycles. The van der Waals surface area contributed by atoms with Crippen LogP contribution in [0.5, 0.6) is 0 Å². The zero-order valence-electron chi connectivity index (χ0n) is 11.0. The van der Waals surface area contributed by atoms with Crippen LogP contribution in [0.3, 0.4) is 0 Å². The molecule has 2 aliphatic rings. The topological polar surface area (TPSA) is 21.8 Å². The van der Waals surface area contributed by atoms with Gasteiger partial charge in [-0.15, -0.1) is 0 Å². The van der Waals surface area contributed by atoms with Crippen molar-refractivity contribution in [3.05, 3.63) is 0 Å². The molecule has 0 N–H and O–H groups in total. The van der Waals surface area contributed by atoms with Gasteiger partial charge < -0.3 is 9.16 Å². The van der Waals surface area contributed by atoms with E-state index in [1.807, 2.05) is 0 Å². The van der Waals surface area contributed by atoms with Gasteiger partial charge in [0.25, 0.3) is 0 Å². The standard InChI is InChI=1S/C13H26O2Si/c1-4-13(5-2,16-14-6-3)10-7-8-11-12(9-10)15-11/h10-12H,4-9,16H2,1-3H3. The highest BCUT2D eigenvalue weighted by Crippen LogP contribution is 2.53. The van der Waals surface area contributed by atoms with Crippen LogP contribution in [-0.2, 0) is 9.16 Å². The largest absolute Gasteiger partial charge is 0.424 e. The Morgan fingerprint density at radius 2 is 1.94 bits per heavy atom. The third kappa shape index (κ3) is 2.36. The summed E-state index contributed by atoms with van der Waals surface area (Å²) >= 11 is 0. The molecule has 0 radical (unpaired) electrons. The third-order valence-electron chi connectivity index (χ3n) is 4.87. The Kier molecular flexibility index (Phi) is 4.09. The van der Waals surface area contributed by atoms with E-state index in [0.29, 0.717) is 17.2 Å². The molecular weight excluding hydrogens is 216 g/mol. The second-order valence-electron chi connectivity index (χ2n) is 5.43. The van der Waals surface area contributed by atoms with Crippen LogP contribution in [0.25, 0.3) is 0 Å². The SMILES string of the molecule is CCO[SiH2]C(CC)(CC)C1CCC2OC2C1. The monoisotopic (exact) mass is 242 g/mol. The molecule has 0 aromatic carbocycles. The van der Waals surface area contributed by atoms with Crippen molar-refractivity contribution >= 4 is 9.76 Å². The zero-order chi connectivity index (χ0) is 11.6. The Hall–Kier alpha value is 0.137. The molecule has 1 aliphatic heterocycles. The summed E-state index contributed by atoms with van der Waals surface area (Å²) < 4.78 is 11.6. The molecule has 0 aromatic heterocycles. The van der Waals surface area contributed by atoms with E-state index in [-0.39, 0.29) is 9.76 Å². The van der Waals surface area contributed by atoms with Crippen molar-refractivity contribution in [3.8, 4) is 0 Å². The molecule has 0 spiro atoms. The second-order valence-corrected chi connectivity index (χ2v) is 7.53. The molecule has 1 aliphatic carbocycles. The van der Waals surface area contributed by atoms with E-state index in [9.17, 15) is 0 Å². The van der Waals surface area contributed by atoms with Crippen LogP contribution < -0.4 is 0 Å². The molecule has 2 nitrogen and oxygen atoms in total. The maximum atomic E-state index is 5.88. The Labute approximate surface area is 102 Å². The maximum absolute atomic E-state index is 5.88. The highest BCUT2D eigenvalue weighted by atomic mass is 28.2. The van der Waals surface area contributed by atoms with Gasteiger partial charge in [-0.05, 0) is 37.1 Å². The van der Waals surface area contributed by atoms with Crippen molar-refractivity contribution in [2.75, 3.05) is 6.61 Å². The average molecular weight is 242 g/mol. The van der Waals surface area contributed by atoms with Gasteiger partial charge >= 0.3 is 0 Å². The van der Waals surface area contributed by atoms with E-state index in [2.05, 4.69) is 20.8 Å². The van der Waals surface area contributed by atoms with Gasteiger partial charge in [0.05, 0.1) is 12.2 Å². The van der Waals surface area contributed by atoms with Crippen LogP contribution >= 0.6 is 0 Å². The van der Waals surface area contributed by atoms with Crippen LogP contribution in [0.2, 0.25) is 5.04 Å². The molecule has 0 aromatic rings. The lowest BCUT2D eigenvalue weighted by molar-refractivity contribution is 0.229. The molecule has 3 heteroatoms. The summed E-state index contributed by atoms with van der Waals surface area (Å²) in [5.74, 6) is 0.879. The Morgan fingerprint density at radius 3 is 2.50 bits per heavy atom. The van der Waals surface area contributed by atoms with E-state index >= 15 is 0 Å². The third-order valence-corrected chi connectivity index (χ3v) is 7.64.